The Labute approximate surface area is 123 Å². The third-order valence-corrected chi connectivity index (χ3v) is 3.34. The number of aryl methyl sites for hydroxylation is 1. The highest BCUT2D eigenvalue weighted by atomic mass is 35.5. The van der Waals surface area contributed by atoms with E-state index in [1.807, 2.05) is 31.2 Å². The molecule has 0 fully saturated rings. The number of nitrogens with zero attached hydrogens (tertiary/aromatic N) is 1. The predicted molar refractivity (Wildman–Crippen MR) is 80.9 cm³/mol. The topological polar surface area (TPSA) is 43.4 Å². The van der Waals surface area contributed by atoms with Gasteiger partial charge in [0.15, 0.2) is 16.7 Å². The lowest BCUT2D eigenvalue weighted by Gasteiger charge is -2.15. The van der Waals surface area contributed by atoms with Gasteiger partial charge in [-0.3, -0.25) is 0 Å². The monoisotopic (exact) mass is 292 g/mol. The minimum absolute atomic E-state index is 0.465. The maximum atomic E-state index is 6.10. The summed E-state index contributed by atoms with van der Waals surface area (Å²) in [6.07, 6.45) is 1.69. The summed E-state index contributed by atoms with van der Waals surface area (Å²) in [6.45, 7) is 2.56. The molecule has 0 saturated carbocycles. The molecule has 0 spiro atoms. The van der Waals surface area contributed by atoms with Crippen LogP contribution >= 0.6 is 11.6 Å². The zero-order valence-corrected chi connectivity index (χ0v) is 12.5. The minimum atomic E-state index is 0.465. The van der Waals surface area contributed by atoms with Gasteiger partial charge in [0.1, 0.15) is 0 Å². The van der Waals surface area contributed by atoms with Gasteiger partial charge in [0, 0.05) is 18.3 Å². The summed E-state index contributed by atoms with van der Waals surface area (Å²) in [5.41, 5.74) is 2.87. The number of ether oxygens (including phenoxy) is 2. The van der Waals surface area contributed by atoms with E-state index in [4.69, 9.17) is 21.1 Å². The molecular weight excluding hydrogens is 276 g/mol. The molecule has 0 saturated heterocycles. The van der Waals surface area contributed by atoms with Crippen molar-refractivity contribution in [1.29, 1.82) is 0 Å². The second kappa shape index (κ2) is 6.48. The molecule has 4 nitrogen and oxygen atoms in total. The summed E-state index contributed by atoms with van der Waals surface area (Å²) in [6, 6.07) is 7.69. The van der Waals surface area contributed by atoms with Gasteiger partial charge in [-0.05, 0) is 24.6 Å². The predicted octanol–water partition coefficient (Wildman–Crippen LogP) is 3.67. The van der Waals surface area contributed by atoms with Crippen molar-refractivity contribution in [3.8, 4) is 11.5 Å². The van der Waals surface area contributed by atoms with Crippen LogP contribution in [0, 0.1) is 6.92 Å². The number of nitrogens with one attached hydrogen (secondary N) is 1. The number of para-hydroxylation sites is 1. The first-order valence-corrected chi connectivity index (χ1v) is 6.60. The molecule has 0 unspecified atom stereocenters. The lowest BCUT2D eigenvalue weighted by Crippen LogP contribution is -2.05. The average molecular weight is 293 g/mol. The Morgan fingerprint density at radius 3 is 2.65 bits per heavy atom. The van der Waals surface area contributed by atoms with E-state index in [0.29, 0.717) is 17.4 Å². The van der Waals surface area contributed by atoms with Crippen molar-refractivity contribution in [3.05, 3.63) is 46.7 Å². The second-order valence-electron chi connectivity index (χ2n) is 4.30. The van der Waals surface area contributed by atoms with E-state index in [-0.39, 0.29) is 0 Å². The van der Waals surface area contributed by atoms with Gasteiger partial charge in [0.25, 0.3) is 0 Å². The van der Waals surface area contributed by atoms with E-state index in [1.54, 1.807) is 20.4 Å². The minimum Gasteiger partial charge on any atom is -0.493 e. The van der Waals surface area contributed by atoms with Crippen LogP contribution in [0.1, 0.15) is 11.1 Å². The highest BCUT2D eigenvalue weighted by Crippen LogP contribution is 2.32. The summed E-state index contributed by atoms with van der Waals surface area (Å²) in [5, 5.41) is 3.76. The van der Waals surface area contributed by atoms with E-state index >= 15 is 0 Å². The summed E-state index contributed by atoms with van der Waals surface area (Å²) in [5.74, 6) is 1.43. The van der Waals surface area contributed by atoms with Gasteiger partial charge in [-0.2, -0.15) is 0 Å². The first-order valence-electron chi connectivity index (χ1n) is 6.22. The number of anilines is 1. The molecule has 1 heterocycles. The lowest BCUT2D eigenvalue weighted by atomic mass is 10.1. The van der Waals surface area contributed by atoms with Gasteiger partial charge in [0.2, 0.25) is 0 Å². The molecule has 1 aromatic heterocycles. The Hall–Kier alpha value is -1.94. The van der Waals surface area contributed by atoms with Crippen LogP contribution < -0.4 is 14.8 Å². The summed E-state index contributed by atoms with van der Waals surface area (Å²) in [4.78, 5) is 4.08. The molecule has 0 aliphatic heterocycles. The Balaban J connectivity index is 2.23. The van der Waals surface area contributed by atoms with Gasteiger partial charge < -0.3 is 14.8 Å². The largest absolute Gasteiger partial charge is 0.493 e. The third kappa shape index (κ3) is 2.96. The van der Waals surface area contributed by atoms with Crippen molar-refractivity contribution >= 4 is 17.3 Å². The van der Waals surface area contributed by atoms with E-state index in [2.05, 4.69) is 10.3 Å². The van der Waals surface area contributed by atoms with Crippen LogP contribution in [0.4, 0.5) is 5.69 Å². The molecule has 2 aromatic rings. The Morgan fingerprint density at radius 1 is 1.20 bits per heavy atom. The molecule has 106 valence electrons. The molecular formula is C15H17ClN2O2. The van der Waals surface area contributed by atoms with Crippen molar-refractivity contribution in [3.63, 3.8) is 0 Å². The van der Waals surface area contributed by atoms with Crippen LogP contribution in [-0.2, 0) is 6.54 Å². The van der Waals surface area contributed by atoms with Gasteiger partial charge >= 0.3 is 0 Å². The van der Waals surface area contributed by atoms with Gasteiger partial charge in [-0.25, -0.2) is 4.98 Å². The number of pyridine rings is 1. The van der Waals surface area contributed by atoms with Gasteiger partial charge in [0.05, 0.1) is 19.9 Å². The smallest absolute Gasteiger partial charge is 0.165 e. The first-order chi connectivity index (χ1) is 9.67. The standard InChI is InChI=1S/C15H17ClN2O2/c1-10-7-8-17-15(16)13(10)18-9-11-5-4-6-12(19-2)14(11)20-3/h4-8,18H,9H2,1-3H3. The van der Waals surface area contributed by atoms with Crippen LogP contribution in [0.3, 0.4) is 0 Å². The van der Waals surface area contributed by atoms with Crippen molar-refractivity contribution in [2.45, 2.75) is 13.5 Å². The SMILES string of the molecule is COc1cccc(CNc2c(C)ccnc2Cl)c1OC. The third-order valence-electron chi connectivity index (χ3n) is 3.05. The quantitative estimate of drug-likeness (QED) is 0.854. The van der Waals surface area contributed by atoms with Gasteiger partial charge in [-0.15, -0.1) is 0 Å². The number of benzene rings is 1. The zero-order chi connectivity index (χ0) is 14.5. The molecule has 0 aliphatic rings. The van der Waals surface area contributed by atoms with E-state index in [9.17, 15) is 0 Å². The normalized spacial score (nSPS) is 10.2. The highest BCUT2D eigenvalue weighted by molar-refractivity contribution is 6.32. The van der Waals surface area contributed by atoms with Crippen LogP contribution in [0.5, 0.6) is 11.5 Å². The van der Waals surface area contributed by atoms with Crippen molar-refractivity contribution in [2.24, 2.45) is 0 Å². The van der Waals surface area contributed by atoms with Crippen LogP contribution in [-0.4, -0.2) is 19.2 Å². The fourth-order valence-corrected chi connectivity index (χ4v) is 2.29. The number of halogens is 1. The fourth-order valence-electron chi connectivity index (χ4n) is 2.01. The van der Waals surface area contributed by atoms with Crippen molar-refractivity contribution in [1.82, 2.24) is 4.98 Å². The fraction of sp³-hybridized carbons (Fsp3) is 0.267. The molecule has 0 atom stereocenters. The molecule has 0 aliphatic carbocycles. The average Bonchev–Trinajstić information content (AvgIpc) is 2.46. The van der Waals surface area contributed by atoms with Crippen molar-refractivity contribution in [2.75, 3.05) is 19.5 Å². The maximum absolute atomic E-state index is 6.10. The number of hydrogen-bond donors (Lipinski definition) is 1. The molecule has 20 heavy (non-hydrogen) atoms. The van der Waals surface area contributed by atoms with Crippen LogP contribution in [0.2, 0.25) is 5.15 Å². The molecule has 2 rings (SSSR count). The number of methoxy groups -OCH3 is 2. The number of rotatable bonds is 5. The summed E-state index contributed by atoms with van der Waals surface area (Å²) in [7, 11) is 3.25. The molecule has 5 heteroatoms. The molecule has 1 aromatic carbocycles. The van der Waals surface area contributed by atoms with E-state index in [0.717, 1.165) is 22.6 Å². The Bertz CT molecular complexity index is 582. The second-order valence-corrected chi connectivity index (χ2v) is 4.66. The number of aromatic nitrogens is 1. The zero-order valence-electron chi connectivity index (χ0n) is 11.7. The van der Waals surface area contributed by atoms with E-state index in [1.165, 1.54) is 0 Å². The lowest BCUT2D eigenvalue weighted by molar-refractivity contribution is 0.352. The molecule has 0 radical (unpaired) electrons. The summed E-state index contributed by atoms with van der Waals surface area (Å²) < 4.78 is 10.7. The van der Waals surface area contributed by atoms with Crippen molar-refractivity contribution < 1.29 is 9.47 Å². The highest BCUT2D eigenvalue weighted by Gasteiger charge is 2.10. The van der Waals surface area contributed by atoms with Gasteiger partial charge in [-0.1, -0.05) is 23.7 Å². The van der Waals surface area contributed by atoms with Crippen LogP contribution in [0.15, 0.2) is 30.5 Å². The van der Waals surface area contributed by atoms with Crippen LogP contribution in [0.25, 0.3) is 0 Å². The number of hydrogen-bond acceptors (Lipinski definition) is 4. The molecule has 1 N–H and O–H groups in total. The Morgan fingerprint density at radius 2 is 2.00 bits per heavy atom. The molecule has 0 amide bonds. The molecule has 0 bridgehead atoms. The van der Waals surface area contributed by atoms with E-state index < -0.39 is 0 Å². The summed E-state index contributed by atoms with van der Waals surface area (Å²) >= 11 is 6.10. The Kier molecular flexibility index (Phi) is 4.69. The first kappa shape index (κ1) is 14.5. The maximum Gasteiger partial charge on any atom is 0.165 e.